The number of benzene rings is 2. The molecule has 5 heteroatoms. The van der Waals surface area contributed by atoms with E-state index in [1.807, 2.05) is 30.3 Å². The van der Waals surface area contributed by atoms with E-state index in [2.05, 4.69) is 45.2 Å². The third kappa shape index (κ3) is 5.19. The van der Waals surface area contributed by atoms with Crippen molar-refractivity contribution in [1.82, 2.24) is 10.6 Å². The van der Waals surface area contributed by atoms with Crippen molar-refractivity contribution in [3.8, 4) is 5.75 Å². The van der Waals surface area contributed by atoms with E-state index >= 15 is 0 Å². The number of ether oxygens (including phenoxy) is 1. The first-order valence-electron chi connectivity index (χ1n) is 8.43. The van der Waals surface area contributed by atoms with E-state index < -0.39 is 0 Å². The molecule has 1 heterocycles. The molecule has 0 radical (unpaired) electrons. The highest BCUT2D eigenvalue weighted by Crippen LogP contribution is 2.14. The van der Waals surface area contributed by atoms with Crippen LogP contribution in [0.4, 0.5) is 5.69 Å². The van der Waals surface area contributed by atoms with Crippen molar-refractivity contribution < 1.29 is 4.74 Å². The molecular formula is C19H24N4O. The van der Waals surface area contributed by atoms with Crippen LogP contribution in [0, 0.1) is 0 Å². The summed E-state index contributed by atoms with van der Waals surface area (Å²) in [7, 11) is 0. The minimum Gasteiger partial charge on any atom is -0.494 e. The molecule has 0 saturated carbocycles. The van der Waals surface area contributed by atoms with Crippen molar-refractivity contribution in [1.29, 1.82) is 0 Å². The summed E-state index contributed by atoms with van der Waals surface area (Å²) >= 11 is 0. The van der Waals surface area contributed by atoms with Gasteiger partial charge in [-0.2, -0.15) is 0 Å². The highest BCUT2D eigenvalue weighted by atomic mass is 16.5. The lowest BCUT2D eigenvalue weighted by Crippen LogP contribution is -2.34. The molecule has 0 amide bonds. The largest absolute Gasteiger partial charge is 0.494 e. The Bertz CT molecular complexity index is 640. The number of hydrogen-bond acceptors (Lipinski definition) is 5. The highest BCUT2D eigenvalue weighted by Gasteiger charge is 2.02. The van der Waals surface area contributed by atoms with Gasteiger partial charge in [-0.3, -0.25) is 4.99 Å². The number of rotatable bonds is 8. The number of guanidine groups is 1. The Morgan fingerprint density at radius 2 is 1.83 bits per heavy atom. The van der Waals surface area contributed by atoms with Crippen LogP contribution in [0.25, 0.3) is 0 Å². The Morgan fingerprint density at radius 1 is 1.00 bits per heavy atom. The predicted octanol–water partition coefficient (Wildman–Crippen LogP) is 2.62. The molecule has 126 valence electrons. The van der Waals surface area contributed by atoms with Crippen LogP contribution in [-0.2, 0) is 6.54 Å². The topological polar surface area (TPSA) is 57.7 Å². The fraction of sp³-hybridized carbons (Fsp3) is 0.316. The summed E-state index contributed by atoms with van der Waals surface area (Å²) in [5.41, 5.74) is 2.37. The fourth-order valence-electron chi connectivity index (χ4n) is 2.45. The average Bonchev–Trinajstić information content (AvgIpc) is 3.15. The zero-order valence-electron chi connectivity index (χ0n) is 13.8. The summed E-state index contributed by atoms with van der Waals surface area (Å²) in [5, 5.41) is 9.85. The van der Waals surface area contributed by atoms with E-state index in [-0.39, 0.29) is 0 Å². The SMILES string of the molecule is c1ccc(NCc2ccc(OCCCNC3=NCCN3)cc2)cc1. The Morgan fingerprint density at radius 3 is 2.58 bits per heavy atom. The molecule has 1 aliphatic heterocycles. The Hall–Kier alpha value is -2.69. The molecule has 0 aliphatic carbocycles. The van der Waals surface area contributed by atoms with Crippen LogP contribution in [0.2, 0.25) is 0 Å². The summed E-state index contributed by atoms with van der Waals surface area (Å²) in [6.07, 6.45) is 0.942. The van der Waals surface area contributed by atoms with Gasteiger partial charge in [-0.15, -0.1) is 0 Å². The summed E-state index contributed by atoms with van der Waals surface area (Å²) in [6, 6.07) is 18.5. The van der Waals surface area contributed by atoms with Gasteiger partial charge in [-0.1, -0.05) is 30.3 Å². The number of para-hydroxylation sites is 1. The Kier molecular flexibility index (Phi) is 5.94. The van der Waals surface area contributed by atoms with E-state index in [4.69, 9.17) is 4.74 Å². The first kappa shape index (κ1) is 16.2. The van der Waals surface area contributed by atoms with Crippen LogP contribution in [0.3, 0.4) is 0 Å². The molecule has 1 aliphatic rings. The van der Waals surface area contributed by atoms with Gasteiger partial charge in [0.15, 0.2) is 5.96 Å². The standard InChI is InChI=1S/C19H24N4O/c1-2-5-17(6-3-1)23-15-16-7-9-18(10-8-16)24-14-4-11-20-19-21-12-13-22-19/h1-3,5-10,23H,4,11-15H2,(H2,20,21,22). The van der Waals surface area contributed by atoms with Crippen LogP contribution in [0.15, 0.2) is 59.6 Å². The van der Waals surface area contributed by atoms with E-state index in [1.165, 1.54) is 5.56 Å². The monoisotopic (exact) mass is 324 g/mol. The molecule has 3 N–H and O–H groups in total. The summed E-state index contributed by atoms with van der Waals surface area (Å²) in [6.45, 7) is 4.17. The van der Waals surface area contributed by atoms with Gasteiger partial charge in [0.1, 0.15) is 5.75 Å². The van der Waals surface area contributed by atoms with Gasteiger partial charge in [-0.25, -0.2) is 0 Å². The first-order valence-corrected chi connectivity index (χ1v) is 8.43. The van der Waals surface area contributed by atoms with E-state index in [0.29, 0.717) is 6.61 Å². The second kappa shape index (κ2) is 8.82. The fourth-order valence-corrected chi connectivity index (χ4v) is 2.45. The molecule has 2 aromatic rings. The van der Waals surface area contributed by atoms with Crippen LogP contribution < -0.4 is 20.7 Å². The van der Waals surface area contributed by atoms with Crippen molar-refractivity contribution >= 4 is 11.6 Å². The second-order valence-electron chi connectivity index (χ2n) is 5.65. The highest BCUT2D eigenvalue weighted by molar-refractivity contribution is 5.81. The molecule has 5 nitrogen and oxygen atoms in total. The molecule has 0 atom stereocenters. The third-order valence-electron chi connectivity index (χ3n) is 3.75. The van der Waals surface area contributed by atoms with Crippen LogP contribution in [0.5, 0.6) is 5.75 Å². The summed E-state index contributed by atoms with van der Waals surface area (Å²) < 4.78 is 5.77. The van der Waals surface area contributed by atoms with E-state index in [1.54, 1.807) is 0 Å². The Balaban J connectivity index is 1.33. The quantitative estimate of drug-likeness (QED) is 0.653. The van der Waals surface area contributed by atoms with Gasteiger partial charge in [0, 0.05) is 25.3 Å². The van der Waals surface area contributed by atoms with E-state index in [9.17, 15) is 0 Å². The first-order chi connectivity index (χ1) is 11.9. The molecular weight excluding hydrogens is 300 g/mol. The molecule has 0 bridgehead atoms. The molecule has 0 spiro atoms. The summed E-state index contributed by atoms with van der Waals surface area (Å²) in [5.74, 6) is 1.82. The van der Waals surface area contributed by atoms with Gasteiger partial charge in [-0.05, 0) is 36.2 Å². The molecule has 0 saturated heterocycles. The van der Waals surface area contributed by atoms with Crippen LogP contribution in [0.1, 0.15) is 12.0 Å². The minimum atomic E-state index is 0.696. The number of nitrogens with zero attached hydrogens (tertiary/aromatic N) is 1. The van der Waals surface area contributed by atoms with Gasteiger partial charge >= 0.3 is 0 Å². The number of nitrogens with one attached hydrogen (secondary N) is 3. The minimum absolute atomic E-state index is 0.696. The molecule has 0 aromatic heterocycles. The zero-order chi connectivity index (χ0) is 16.5. The van der Waals surface area contributed by atoms with Gasteiger partial charge in [0.25, 0.3) is 0 Å². The van der Waals surface area contributed by atoms with Crippen molar-refractivity contribution in [3.63, 3.8) is 0 Å². The number of hydrogen-bond donors (Lipinski definition) is 3. The lowest BCUT2D eigenvalue weighted by molar-refractivity contribution is 0.311. The second-order valence-corrected chi connectivity index (χ2v) is 5.65. The summed E-state index contributed by atoms with van der Waals surface area (Å²) in [4.78, 5) is 4.29. The molecule has 24 heavy (non-hydrogen) atoms. The van der Waals surface area contributed by atoms with Crippen molar-refractivity contribution in [2.45, 2.75) is 13.0 Å². The third-order valence-corrected chi connectivity index (χ3v) is 3.75. The van der Waals surface area contributed by atoms with Gasteiger partial charge in [0.2, 0.25) is 0 Å². The van der Waals surface area contributed by atoms with Crippen molar-refractivity contribution in [3.05, 3.63) is 60.2 Å². The maximum atomic E-state index is 5.77. The predicted molar refractivity (Wildman–Crippen MR) is 98.6 cm³/mol. The maximum absolute atomic E-state index is 5.77. The van der Waals surface area contributed by atoms with E-state index in [0.717, 1.165) is 50.0 Å². The molecule has 2 aromatic carbocycles. The van der Waals surface area contributed by atoms with Crippen LogP contribution in [-0.4, -0.2) is 32.2 Å². The lowest BCUT2D eigenvalue weighted by atomic mass is 10.2. The average molecular weight is 324 g/mol. The zero-order valence-corrected chi connectivity index (χ0v) is 13.8. The van der Waals surface area contributed by atoms with Crippen molar-refractivity contribution in [2.24, 2.45) is 4.99 Å². The van der Waals surface area contributed by atoms with Gasteiger partial charge in [0.05, 0.1) is 13.2 Å². The van der Waals surface area contributed by atoms with Crippen LogP contribution >= 0.6 is 0 Å². The number of anilines is 1. The molecule has 3 rings (SSSR count). The number of aliphatic imine (C=N–C) groups is 1. The van der Waals surface area contributed by atoms with Crippen molar-refractivity contribution in [2.75, 3.05) is 31.6 Å². The lowest BCUT2D eigenvalue weighted by Gasteiger charge is -2.10. The normalized spacial score (nSPS) is 13.1. The molecule has 0 fully saturated rings. The molecule has 0 unspecified atom stereocenters. The maximum Gasteiger partial charge on any atom is 0.191 e. The van der Waals surface area contributed by atoms with Gasteiger partial charge < -0.3 is 20.7 Å². The smallest absolute Gasteiger partial charge is 0.191 e. The Labute approximate surface area is 143 Å².